The van der Waals surface area contributed by atoms with Crippen molar-refractivity contribution in [3.63, 3.8) is 0 Å². The van der Waals surface area contributed by atoms with Crippen molar-refractivity contribution in [1.29, 1.82) is 5.26 Å². The molecule has 1 unspecified atom stereocenters. The van der Waals surface area contributed by atoms with Crippen molar-refractivity contribution in [2.24, 2.45) is 0 Å². The molecule has 0 bridgehead atoms. The summed E-state index contributed by atoms with van der Waals surface area (Å²) in [5.41, 5.74) is 0. The highest BCUT2D eigenvalue weighted by Crippen LogP contribution is 2.19. The Morgan fingerprint density at radius 3 is 2.61 bits per heavy atom. The first-order valence-electron chi connectivity index (χ1n) is 6.28. The third kappa shape index (κ3) is 5.07. The molecule has 1 aromatic rings. The molecule has 0 saturated heterocycles. The van der Waals surface area contributed by atoms with Crippen LogP contribution in [0, 0.1) is 11.3 Å². The minimum Gasteiger partial charge on any atom is -0.494 e. The lowest BCUT2D eigenvalue weighted by molar-refractivity contribution is 0.285. The van der Waals surface area contributed by atoms with E-state index in [0.717, 1.165) is 24.5 Å². The van der Waals surface area contributed by atoms with Gasteiger partial charge in [0, 0.05) is 6.07 Å². The molecule has 1 atom stereocenters. The molecule has 1 aromatic carbocycles. The van der Waals surface area contributed by atoms with Crippen molar-refractivity contribution in [1.82, 2.24) is 5.32 Å². The number of nitrogens with zero attached hydrogens (tertiary/aromatic N) is 1. The van der Waals surface area contributed by atoms with Crippen LogP contribution in [-0.2, 0) is 0 Å². The zero-order chi connectivity index (χ0) is 13.2. The topological polar surface area (TPSA) is 54.3 Å². The van der Waals surface area contributed by atoms with Crippen LogP contribution in [0.2, 0.25) is 0 Å². The van der Waals surface area contributed by atoms with E-state index < -0.39 is 0 Å². The Labute approximate surface area is 109 Å². The molecule has 0 aliphatic heterocycles. The van der Waals surface area contributed by atoms with Gasteiger partial charge in [0.25, 0.3) is 0 Å². The summed E-state index contributed by atoms with van der Waals surface area (Å²) in [6, 6.07) is 9.35. The van der Waals surface area contributed by atoms with Crippen LogP contribution >= 0.6 is 0 Å². The molecule has 0 heterocycles. The summed E-state index contributed by atoms with van der Waals surface area (Å²) < 4.78 is 11.0. The van der Waals surface area contributed by atoms with Gasteiger partial charge in [-0.05, 0) is 32.0 Å². The molecule has 0 aliphatic rings. The van der Waals surface area contributed by atoms with Crippen LogP contribution in [0.25, 0.3) is 0 Å². The fraction of sp³-hybridized carbons (Fsp3) is 0.500. The van der Waals surface area contributed by atoms with Crippen LogP contribution < -0.4 is 14.8 Å². The molecule has 18 heavy (non-hydrogen) atoms. The van der Waals surface area contributed by atoms with Gasteiger partial charge in [-0.3, -0.25) is 5.32 Å². The Morgan fingerprint density at radius 2 is 2.00 bits per heavy atom. The molecule has 0 fully saturated rings. The Morgan fingerprint density at radius 1 is 1.28 bits per heavy atom. The number of rotatable bonds is 8. The number of nitriles is 1. The van der Waals surface area contributed by atoms with E-state index in [0.29, 0.717) is 13.2 Å². The average molecular weight is 248 g/mol. The molecule has 0 amide bonds. The van der Waals surface area contributed by atoms with Crippen LogP contribution in [-0.4, -0.2) is 25.8 Å². The highest BCUT2D eigenvalue weighted by Gasteiger charge is 2.07. The summed E-state index contributed by atoms with van der Waals surface area (Å²) in [5.74, 6) is 1.50. The monoisotopic (exact) mass is 248 g/mol. The summed E-state index contributed by atoms with van der Waals surface area (Å²) >= 11 is 0. The quantitative estimate of drug-likeness (QED) is 0.767. The molecule has 1 rings (SSSR count). The number of hydrogen-bond acceptors (Lipinski definition) is 4. The maximum atomic E-state index is 8.95. The fourth-order valence-electron chi connectivity index (χ4n) is 1.46. The first kappa shape index (κ1) is 14.3. The molecule has 98 valence electrons. The third-order valence-electron chi connectivity index (χ3n) is 2.33. The predicted molar refractivity (Wildman–Crippen MR) is 70.8 cm³/mol. The molecular weight excluding hydrogens is 228 g/mol. The van der Waals surface area contributed by atoms with Gasteiger partial charge in [-0.15, -0.1) is 0 Å². The van der Waals surface area contributed by atoms with Gasteiger partial charge in [0.1, 0.15) is 24.1 Å². The Bertz CT molecular complexity index is 388. The lowest BCUT2D eigenvalue weighted by atomic mass is 10.3. The van der Waals surface area contributed by atoms with Crippen molar-refractivity contribution < 1.29 is 9.47 Å². The molecule has 0 spiro atoms. The number of benzene rings is 1. The van der Waals surface area contributed by atoms with Gasteiger partial charge in [-0.25, -0.2) is 0 Å². The third-order valence-corrected chi connectivity index (χ3v) is 2.33. The lowest BCUT2D eigenvalue weighted by Crippen LogP contribution is -2.33. The average Bonchev–Trinajstić information content (AvgIpc) is 2.40. The van der Waals surface area contributed by atoms with E-state index in [-0.39, 0.29) is 6.04 Å². The van der Waals surface area contributed by atoms with Gasteiger partial charge in [0.15, 0.2) is 0 Å². The first-order chi connectivity index (χ1) is 8.80. The van der Waals surface area contributed by atoms with E-state index >= 15 is 0 Å². The van der Waals surface area contributed by atoms with Crippen molar-refractivity contribution in [3.8, 4) is 17.6 Å². The smallest absolute Gasteiger partial charge is 0.130 e. The van der Waals surface area contributed by atoms with E-state index in [1.54, 1.807) is 0 Å². The minimum atomic E-state index is -0.277. The summed E-state index contributed by atoms with van der Waals surface area (Å²) in [5, 5.41) is 12.1. The van der Waals surface area contributed by atoms with Gasteiger partial charge in [-0.1, -0.05) is 13.0 Å². The number of ether oxygens (including phenoxy) is 2. The van der Waals surface area contributed by atoms with Gasteiger partial charge >= 0.3 is 0 Å². The maximum Gasteiger partial charge on any atom is 0.130 e. The normalized spacial score (nSPS) is 11.6. The Hall–Kier alpha value is -1.73. The molecule has 0 aliphatic carbocycles. The van der Waals surface area contributed by atoms with Crippen LogP contribution in [0.4, 0.5) is 0 Å². The molecule has 0 radical (unpaired) electrons. The molecular formula is C14H20N2O2. The second kappa shape index (κ2) is 8.37. The van der Waals surface area contributed by atoms with Crippen molar-refractivity contribution in [2.45, 2.75) is 26.3 Å². The molecule has 4 nitrogen and oxygen atoms in total. The van der Waals surface area contributed by atoms with E-state index in [4.69, 9.17) is 14.7 Å². The summed E-state index contributed by atoms with van der Waals surface area (Å²) in [6.45, 7) is 5.79. The number of hydrogen-bond donors (Lipinski definition) is 1. The second-order valence-electron chi connectivity index (χ2n) is 3.85. The molecule has 0 saturated carbocycles. The zero-order valence-electron chi connectivity index (χ0n) is 11.0. The van der Waals surface area contributed by atoms with Crippen molar-refractivity contribution in [2.75, 3.05) is 19.8 Å². The van der Waals surface area contributed by atoms with E-state index in [9.17, 15) is 0 Å². The lowest BCUT2D eigenvalue weighted by Gasteiger charge is -2.13. The summed E-state index contributed by atoms with van der Waals surface area (Å²) in [7, 11) is 0. The highest BCUT2D eigenvalue weighted by molar-refractivity contribution is 5.33. The van der Waals surface area contributed by atoms with Crippen LogP contribution in [0.1, 0.15) is 20.3 Å². The minimum absolute atomic E-state index is 0.277. The molecule has 0 aromatic heterocycles. The van der Waals surface area contributed by atoms with Gasteiger partial charge in [-0.2, -0.15) is 5.26 Å². The fourth-order valence-corrected chi connectivity index (χ4v) is 1.46. The van der Waals surface area contributed by atoms with E-state index in [1.807, 2.05) is 31.2 Å². The largest absolute Gasteiger partial charge is 0.494 e. The second-order valence-corrected chi connectivity index (χ2v) is 3.85. The highest BCUT2D eigenvalue weighted by atomic mass is 16.5. The van der Waals surface area contributed by atoms with Gasteiger partial charge in [0.2, 0.25) is 0 Å². The first-order valence-corrected chi connectivity index (χ1v) is 6.28. The molecule has 4 heteroatoms. The van der Waals surface area contributed by atoms with Crippen LogP contribution in [0.15, 0.2) is 24.3 Å². The van der Waals surface area contributed by atoms with Crippen molar-refractivity contribution in [3.05, 3.63) is 24.3 Å². The van der Waals surface area contributed by atoms with Gasteiger partial charge < -0.3 is 9.47 Å². The van der Waals surface area contributed by atoms with Crippen LogP contribution in [0.5, 0.6) is 11.5 Å². The maximum absolute atomic E-state index is 8.95. The van der Waals surface area contributed by atoms with E-state index in [1.165, 1.54) is 0 Å². The van der Waals surface area contributed by atoms with Gasteiger partial charge in [0.05, 0.1) is 12.7 Å². The van der Waals surface area contributed by atoms with Crippen molar-refractivity contribution >= 4 is 0 Å². The predicted octanol–water partition coefficient (Wildman–Crippen LogP) is 2.36. The Balaban J connectivity index is 2.46. The van der Waals surface area contributed by atoms with E-state index in [2.05, 4.69) is 18.3 Å². The molecule has 1 N–H and O–H groups in total. The summed E-state index contributed by atoms with van der Waals surface area (Å²) in [4.78, 5) is 0. The standard InChI is InChI=1S/C14H20N2O2/c1-3-8-16-12(10-15)11-18-14-7-5-6-13(9-14)17-4-2/h5-7,9,12,16H,3-4,8,11H2,1-2H3. The SMILES string of the molecule is CCCNC(C#N)COc1cccc(OCC)c1. The Kier molecular flexibility index (Phi) is 6.67. The zero-order valence-corrected chi connectivity index (χ0v) is 11.0. The number of nitrogens with one attached hydrogen (secondary N) is 1. The summed E-state index contributed by atoms with van der Waals surface area (Å²) in [6.07, 6.45) is 0.998. The van der Waals surface area contributed by atoms with Crippen LogP contribution in [0.3, 0.4) is 0 Å².